The zero-order valence-electron chi connectivity index (χ0n) is 10.2. The first kappa shape index (κ1) is 12.8. The van der Waals surface area contributed by atoms with Gasteiger partial charge in [0.2, 0.25) is 0 Å². The standard InChI is InChI=1S/C12H24N2S/c1-9(2)13-12(15)14-11-8-6-4-5-7-10(11)3/h9-11H,4-8H2,1-3H3,(H2,13,14,15). The summed E-state index contributed by atoms with van der Waals surface area (Å²) in [7, 11) is 0. The van der Waals surface area contributed by atoms with Crippen LogP contribution in [-0.4, -0.2) is 17.2 Å². The van der Waals surface area contributed by atoms with Crippen molar-refractivity contribution in [2.75, 3.05) is 0 Å². The van der Waals surface area contributed by atoms with Crippen molar-refractivity contribution in [2.45, 2.75) is 65.0 Å². The monoisotopic (exact) mass is 228 g/mol. The highest BCUT2D eigenvalue weighted by Crippen LogP contribution is 2.22. The molecule has 2 N–H and O–H groups in total. The molecule has 0 heterocycles. The zero-order chi connectivity index (χ0) is 11.3. The molecule has 0 aromatic rings. The van der Waals surface area contributed by atoms with E-state index in [-0.39, 0.29) is 0 Å². The average molecular weight is 228 g/mol. The lowest BCUT2D eigenvalue weighted by molar-refractivity contribution is 0.398. The molecule has 2 nitrogen and oxygen atoms in total. The third kappa shape index (κ3) is 4.83. The summed E-state index contributed by atoms with van der Waals surface area (Å²) in [5, 5.41) is 7.53. The third-order valence-electron chi connectivity index (χ3n) is 3.10. The minimum absolute atomic E-state index is 0.422. The first-order chi connectivity index (χ1) is 7.09. The first-order valence-corrected chi connectivity index (χ1v) is 6.57. The number of rotatable bonds is 2. The molecule has 1 fully saturated rings. The van der Waals surface area contributed by atoms with E-state index in [1.54, 1.807) is 0 Å². The van der Waals surface area contributed by atoms with Crippen molar-refractivity contribution in [1.82, 2.24) is 10.6 Å². The summed E-state index contributed by atoms with van der Waals surface area (Å²) >= 11 is 5.29. The lowest BCUT2D eigenvalue weighted by Crippen LogP contribution is -2.46. The van der Waals surface area contributed by atoms with Gasteiger partial charge in [-0.2, -0.15) is 0 Å². The van der Waals surface area contributed by atoms with Crippen LogP contribution in [0.2, 0.25) is 0 Å². The highest BCUT2D eigenvalue weighted by atomic mass is 32.1. The van der Waals surface area contributed by atoms with Crippen LogP contribution < -0.4 is 10.6 Å². The molecule has 0 amide bonds. The van der Waals surface area contributed by atoms with Crippen LogP contribution in [0.15, 0.2) is 0 Å². The van der Waals surface area contributed by atoms with Crippen LogP contribution in [-0.2, 0) is 0 Å². The van der Waals surface area contributed by atoms with Crippen molar-refractivity contribution in [3.8, 4) is 0 Å². The van der Waals surface area contributed by atoms with E-state index in [2.05, 4.69) is 31.4 Å². The van der Waals surface area contributed by atoms with E-state index in [4.69, 9.17) is 12.2 Å². The second-order valence-electron chi connectivity index (χ2n) is 4.99. The average Bonchev–Trinajstić information content (AvgIpc) is 2.30. The Morgan fingerprint density at radius 1 is 1.20 bits per heavy atom. The lowest BCUT2D eigenvalue weighted by atomic mass is 9.97. The molecule has 0 radical (unpaired) electrons. The maximum Gasteiger partial charge on any atom is 0.166 e. The minimum atomic E-state index is 0.422. The van der Waals surface area contributed by atoms with Gasteiger partial charge in [0.25, 0.3) is 0 Å². The molecule has 1 aliphatic rings. The molecule has 0 aromatic carbocycles. The quantitative estimate of drug-likeness (QED) is 0.561. The van der Waals surface area contributed by atoms with Gasteiger partial charge in [0.1, 0.15) is 0 Å². The van der Waals surface area contributed by atoms with Crippen LogP contribution >= 0.6 is 12.2 Å². The topological polar surface area (TPSA) is 24.1 Å². The second-order valence-corrected chi connectivity index (χ2v) is 5.40. The van der Waals surface area contributed by atoms with Crippen LogP contribution in [0.5, 0.6) is 0 Å². The molecule has 0 aromatic heterocycles. The van der Waals surface area contributed by atoms with Gasteiger partial charge in [-0.25, -0.2) is 0 Å². The van der Waals surface area contributed by atoms with E-state index in [0.717, 1.165) is 11.0 Å². The zero-order valence-corrected chi connectivity index (χ0v) is 11.0. The molecule has 0 saturated heterocycles. The summed E-state index contributed by atoms with van der Waals surface area (Å²) in [5.74, 6) is 0.749. The fourth-order valence-corrected chi connectivity index (χ4v) is 2.57. The molecule has 88 valence electrons. The number of hydrogen-bond donors (Lipinski definition) is 2. The Labute approximate surface area is 99.2 Å². The van der Waals surface area contributed by atoms with Crippen LogP contribution in [0.4, 0.5) is 0 Å². The van der Waals surface area contributed by atoms with Gasteiger partial charge in [-0.05, 0) is 44.8 Å². The van der Waals surface area contributed by atoms with E-state index in [0.29, 0.717) is 12.1 Å². The Balaban J connectivity index is 2.37. The van der Waals surface area contributed by atoms with E-state index < -0.39 is 0 Å². The summed E-state index contributed by atoms with van der Waals surface area (Å²) < 4.78 is 0. The molecule has 1 aliphatic carbocycles. The molecule has 1 rings (SSSR count). The molecular weight excluding hydrogens is 204 g/mol. The van der Waals surface area contributed by atoms with Gasteiger partial charge in [-0.15, -0.1) is 0 Å². The Kier molecular flexibility index (Phi) is 5.37. The summed E-state index contributed by atoms with van der Waals surface area (Å²) in [6.45, 7) is 6.57. The normalized spacial score (nSPS) is 27.2. The molecule has 15 heavy (non-hydrogen) atoms. The highest BCUT2D eigenvalue weighted by molar-refractivity contribution is 7.80. The summed E-state index contributed by atoms with van der Waals surface area (Å²) in [4.78, 5) is 0. The van der Waals surface area contributed by atoms with Crippen molar-refractivity contribution in [2.24, 2.45) is 5.92 Å². The largest absolute Gasteiger partial charge is 0.361 e. The SMILES string of the molecule is CC(C)NC(=S)NC1CCCCCC1C. The Hall–Kier alpha value is -0.310. The molecule has 2 atom stereocenters. The third-order valence-corrected chi connectivity index (χ3v) is 3.33. The van der Waals surface area contributed by atoms with Gasteiger partial charge in [-0.3, -0.25) is 0 Å². The van der Waals surface area contributed by atoms with Crippen LogP contribution in [0.1, 0.15) is 52.9 Å². The van der Waals surface area contributed by atoms with Gasteiger partial charge in [0, 0.05) is 12.1 Å². The van der Waals surface area contributed by atoms with Crippen LogP contribution in [0.3, 0.4) is 0 Å². The molecule has 3 heteroatoms. The number of hydrogen-bond acceptors (Lipinski definition) is 1. The fourth-order valence-electron chi connectivity index (χ4n) is 2.18. The van der Waals surface area contributed by atoms with Crippen LogP contribution in [0, 0.1) is 5.92 Å². The molecule has 0 aliphatic heterocycles. The Morgan fingerprint density at radius 3 is 2.53 bits per heavy atom. The van der Waals surface area contributed by atoms with E-state index in [1.807, 2.05) is 0 Å². The van der Waals surface area contributed by atoms with Crippen molar-refractivity contribution >= 4 is 17.3 Å². The van der Waals surface area contributed by atoms with Gasteiger partial charge in [0.15, 0.2) is 5.11 Å². The van der Waals surface area contributed by atoms with Crippen molar-refractivity contribution in [3.05, 3.63) is 0 Å². The van der Waals surface area contributed by atoms with Gasteiger partial charge in [0.05, 0.1) is 0 Å². The first-order valence-electron chi connectivity index (χ1n) is 6.16. The predicted molar refractivity (Wildman–Crippen MR) is 70.0 cm³/mol. The summed E-state index contributed by atoms with van der Waals surface area (Å²) in [6, 6.07) is 0.998. The van der Waals surface area contributed by atoms with E-state index >= 15 is 0 Å². The minimum Gasteiger partial charge on any atom is -0.361 e. The Bertz CT molecular complexity index is 204. The summed E-state index contributed by atoms with van der Waals surface area (Å²) in [5.41, 5.74) is 0. The van der Waals surface area contributed by atoms with Crippen molar-refractivity contribution in [3.63, 3.8) is 0 Å². The maximum absolute atomic E-state index is 5.29. The van der Waals surface area contributed by atoms with Crippen molar-refractivity contribution < 1.29 is 0 Å². The van der Waals surface area contributed by atoms with Crippen molar-refractivity contribution in [1.29, 1.82) is 0 Å². The van der Waals surface area contributed by atoms with Gasteiger partial charge in [-0.1, -0.05) is 26.2 Å². The highest BCUT2D eigenvalue weighted by Gasteiger charge is 2.20. The molecule has 1 saturated carbocycles. The fraction of sp³-hybridized carbons (Fsp3) is 0.917. The van der Waals surface area contributed by atoms with E-state index in [1.165, 1.54) is 32.1 Å². The van der Waals surface area contributed by atoms with Crippen LogP contribution in [0.25, 0.3) is 0 Å². The van der Waals surface area contributed by atoms with Gasteiger partial charge >= 0.3 is 0 Å². The maximum atomic E-state index is 5.29. The molecular formula is C12H24N2S. The van der Waals surface area contributed by atoms with E-state index in [9.17, 15) is 0 Å². The predicted octanol–water partition coefficient (Wildman–Crippen LogP) is 2.83. The molecule has 0 spiro atoms. The smallest absolute Gasteiger partial charge is 0.166 e. The van der Waals surface area contributed by atoms with Gasteiger partial charge < -0.3 is 10.6 Å². The lowest BCUT2D eigenvalue weighted by Gasteiger charge is -2.25. The number of nitrogens with one attached hydrogen (secondary N) is 2. The molecule has 0 bridgehead atoms. The second kappa shape index (κ2) is 6.31. The molecule has 2 unspecified atom stereocenters. The Morgan fingerprint density at radius 2 is 1.87 bits per heavy atom. The number of thiocarbonyl (C=S) groups is 1. The summed E-state index contributed by atoms with van der Waals surface area (Å²) in [6.07, 6.45) is 6.70.